The van der Waals surface area contributed by atoms with Gasteiger partial charge in [0, 0.05) is 38.3 Å². The fourth-order valence-electron chi connectivity index (χ4n) is 4.10. The van der Waals surface area contributed by atoms with E-state index in [9.17, 15) is 17.9 Å². The first kappa shape index (κ1) is 19.5. The summed E-state index contributed by atoms with van der Waals surface area (Å²) in [5, 5.41) is 10.3. The molecule has 4 rings (SSSR count). The smallest absolute Gasteiger partial charge is 0.243 e. The summed E-state index contributed by atoms with van der Waals surface area (Å²) in [5.74, 6) is -0.423. The van der Waals surface area contributed by atoms with Gasteiger partial charge in [0.05, 0.1) is 11.0 Å². The van der Waals surface area contributed by atoms with E-state index >= 15 is 0 Å². The summed E-state index contributed by atoms with van der Waals surface area (Å²) < 4.78 is 41.3. The number of benzene rings is 2. The molecule has 0 bridgehead atoms. The van der Waals surface area contributed by atoms with E-state index in [4.69, 9.17) is 0 Å². The Morgan fingerprint density at radius 3 is 2.46 bits per heavy atom. The lowest BCUT2D eigenvalue weighted by molar-refractivity contribution is 0.0898. The van der Waals surface area contributed by atoms with E-state index in [0.717, 1.165) is 24.8 Å². The first-order valence-corrected chi connectivity index (χ1v) is 11.2. The van der Waals surface area contributed by atoms with Gasteiger partial charge in [-0.3, -0.25) is 4.90 Å². The molecule has 0 radical (unpaired) electrons. The van der Waals surface area contributed by atoms with Gasteiger partial charge in [-0.25, -0.2) is 12.8 Å². The maximum atomic E-state index is 13.8. The molecule has 1 heterocycles. The SMILES string of the molecule is O=S(=O)(c1ccc2c(c1)CCC2)N1CCN(C[C@@H](O)c2ccccc2F)CC1. The molecule has 1 saturated heterocycles. The molecule has 150 valence electrons. The molecule has 1 aliphatic carbocycles. The van der Waals surface area contributed by atoms with E-state index in [2.05, 4.69) is 0 Å². The van der Waals surface area contributed by atoms with Gasteiger partial charge >= 0.3 is 0 Å². The van der Waals surface area contributed by atoms with E-state index in [1.54, 1.807) is 24.3 Å². The van der Waals surface area contributed by atoms with Crippen molar-refractivity contribution in [2.75, 3.05) is 32.7 Å². The van der Waals surface area contributed by atoms with E-state index < -0.39 is 21.9 Å². The Morgan fingerprint density at radius 2 is 1.71 bits per heavy atom. The van der Waals surface area contributed by atoms with Crippen LogP contribution in [0.1, 0.15) is 29.2 Å². The largest absolute Gasteiger partial charge is 0.387 e. The molecule has 5 nitrogen and oxygen atoms in total. The zero-order valence-corrected chi connectivity index (χ0v) is 16.5. The quantitative estimate of drug-likeness (QED) is 0.831. The molecular formula is C21H25FN2O3S. The summed E-state index contributed by atoms with van der Waals surface area (Å²) in [6, 6.07) is 11.7. The molecule has 0 aromatic heterocycles. The molecular weight excluding hydrogens is 379 g/mol. The van der Waals surface area contributed by atoms with Gasteiger partial charge in [-0.15, -0.1) is 0 Å². The van der Waals surface area contributed by atoms with Gasteiger partial charge in [0.2, 0.25) is 10.0 Å². The number of rotatable bonds is 5. The predicted octanol–water partition coefficient (Wildman–Crippen LogP) is 2.35. The summed E-state index contributed by atoms with van der Waals surface area (Å²) in [6.07, 6.45) is 2.13. The molecule has 0 spiro atoms. The Bertz CT molecular complexity index is 956. The van der Waals surface area contributed by atoms with Crippen molar-refractivity contribution in [2.24, 2.45) is 0 Å². The summed E-state index contributed by atoms with van der Waals surface area (Å²) in [6.45, 7) is 2.03. The second-order valence-electron chi connectivity index (χ2n) is 7.53. The monoisotopic (exact) mass is 404 g/mol. The number of aliphatic hydroxyl groups excluding tert-OH is 1. The van der Waals surface area contributed by atoms with Gasteiger partial charge in [0.1, 0.15) is 5.82 Å². The van der Waals surface area contributed by atoms with E-state index in [-0.39, 0.29) is 12.1 Å². The van der Waals surface area contributed by atoms with Crippen LogP contribution in [0, 0.1) is 5.82 Å². The molecule has 1 atom stereocenters. The van der Waals surface area contributed by atoms with Crippen LogP contribution in [-0.2, 0) is 22.9 Å². The van der Waals surface area contributed by atoms with Crippen LogP contribution in [0.2, 0.25) is 0 Å². The topological polar surface area (TPSA) is 60.9 Å². The van der Waals surface area contributed by atoms with Crippen molar-refractivity contribution in [1.82, 2.24) is 9.21 Å². The number of hydrogen-bond acceptors (Lipinski definition) is 4. The third kappa shape index (κ3) is 3.85. The highest BCUT2D eigenvalue weighted by Gasteiger charge is 2.30. The normalized spacial score (nSPS) is 19.5. The number of aliphatic hydroxyl groups is 1. The Labute approximate surface area is 165 Å². The van der Waals surface area contributed by atoms with Crippen molar-refractivity contribution in [2.45, 2.75) is 30.3 Å². The van der Waals surface area contributed by atoms with Crippen molar-refractivity contribution < 1.29 is 17.9 Å². The predicted molar refractivity (Wildman–Crippen MR) is 105 cm³/mol. The number of fused-ring (bicyclic) bond motifs is 1. The third-order valence-corrected chi connectivity index (χ3v) is 7.63. The second kappa shape index (κ2) is 7.91. The van der Waals surface area contributed by atoms with E-state index in [1.165, 1.54) is 15.9 Å². The average Bonchev–Trinajstić information content (AvgIpc) is 3.16. The van der Waals surface area contributed by atoms with Crippen LogP contribution in [0.4, 0.5) is 4.39 Å². The first-order chi connectivity index (χ1) is 13.4. The van der Waals surface area contributed by atoms with Gasteiger partial charge in [-0.05, 0) is 48.6 Å². The fraction of sp³-hybridized carbons (Fsp3) is 0.429. The van der Waals surface area contributed by atoms with E-state index in [1.807, 2.05) is 17.0 Å². The number of hydrogen-bond donors (Lipinski definition) is 1. The lowest BCUT2D eigenvalue weighted by Crippen LogP contribution is -2.49. The molecule has 1 N–H and O–H groups in total. The molecule has 2 aromatic rings. The highest BCUT2D eigenvalue weighted by atomic mass is 32.2. The zero-order valence-electron chi connectivity index (χ0n) is 15.7. The number of piperazine rings is 1. The Morgan fingerprint density at radius 1 is 1.00 bits per heavy atom. The fourth-order valence-corrected chi connectivity index (χ4v) is 5.57. The van der Waals surface area contributed by atoms with E-state index in [0.29, 0.717) is 31.1 Å². The average molecular weight is 405 g/mol. The summed E-state index contributed by atoms with van der Waals surface area (Å²) in [4.78, 5) is 2.35. The zero-order chi connectivity index (χ0) is 19.7. The maximum absolute atomic E-state index is 13.8. The van der Waals surface area contributed by atoms with Crippen molar-refractivity contribution in [1.29, 1.82) is 0 Å². The van der Waals surface area contributed by atoms with Crippen LogP contribution in [0.5, 0.6) is 0 Å². The minimum atomic E-state index is -3.51. The molecule has 7 heteroatoms. The highest BCUT2D eigenvalue weighted by molar-refractivity contribution is 7.89. The number of aryl methyl sites for hydroxylation is 2. The van der Waals surface area contributed by atoms with Crippen molar-refractivity contribution in [3.05, 3.63) is 65.0 Å². The highest BCUT2D eigenvalue weighted by Crippen LogP contribution is 2.27. The Balaban J connectivity index is 1.39. The van der Waals surface area contributed by atoms with Crippen LogP contribution in [-0.4, -0.2) is 55.5 Å². The third-order valence-electron chi connectivity index (χ3n) is 5.73. The van der Waals surface area contributed by atoms with Crippen molar-refractivity contribution >= 4 is 10.0 Å². The summed E-state index contributed by atoms with van der Waals surface area (Å²) in [7, 11) is -3.51. The van der Waals surface area contributed by atoms with Crippen LogP contribution in [0.25, 0.3) is 0 Å². The molecule has 28 heavy (non-hydrogen) atoms. The second-order valence-corrected chi connectivity index (χ2v) is 9.46. The Kier molecular flexibility index (Phi) is 5.51. The van der Waals surface area contributed by atoms with Crippen LogP contribution in [0.15, 0.2) is 47.4 Å². The number of nitrogens with zero attached hydrogens (tertiary/aromatic N) is 2. The van der Waals surface area contributed by atoms with Crippen LogP contribution in [0.3, 0.4) is 0 Å². The Hall–Kier alpha value is -1.80. The molecule has 0 amide bonds. The number of β-amino-alcohol motifs (C(OH)–C–C–N with tert-alkyl or cyclic N) is 1. The van der Waals surface area contributed by atoms with Crippen molar-refractivity contribution in [3.63, 3.8) is 0 Å². The van der Waals surface area contributed by atoms with Gasteiger partial charge in [0.25, 0.3) is 0 Å². The summed E-state index contributed by atoms with van der Waals surface area (Å²) in [5.41, 5.74) is 2.68. The molecule has 2 aliphatic rings. The van der Waals surface area contributed by atoms with Crippen LogP contribution >= 0.6 is 0 Å². The lowest BCUT2D eigenvalue weighted by atomic mass is 10.1. The standard InChI is InChI=1S/C21H25FN2O3S/c22-20-7-2-1-6-19(20)21(25)15-23-10-12-24(13-11-23)28(26,27)18-9-8-16-4-3-5-17(16)14-18/h1-2,6-9,14,21,25H,3-5,10-13,15H2/t21-/m1/s1. The van der Waals surface area contributed by atoms with Gasteiger partial charge in [-0.1, -0.05) is 24.3 Å². The van der Waals surface area contributed by atoms with Gasteiger partial charge in [0.15, 0.2) is 0 Å². The lowest BCUT2D eigenvalue weighted by Gasteiger charge is -2.35. The molecule has 1 fully saturated rings. The molecule has 2 aromatic carbocycles. The number of halogens is 1. The first-order valence-electron chi connectivity index (χ1n) is 9.72. The molecule has 0 saturated carbocycles. The van der Waals surface area contributed by atoms with Crippen molar-refractivity contribution in [3.8, 4) is 0 Å². The maximum Gasteiger partial charge on any atom is 0.243 e. The van der Waals surface area contributed by atoms with Gasteiger partial charge < -0.3 is 5.11 Å². The minimum Gasteiger partial charge on any atom is -0.387 e. The number of sulfonamides is 1. The minimum absolute atomic E-state index is 0.274. The van der Waals surface area contributed by atoms with Gasteiger partial charge in [-0.2, -0.15) is 4.31 Å². The molecule has 1 aliphatic heterocycles. The summed E-state index contributed by atoms with van der Waals surface area (Å²) >= 11 is 0. The van der Waals surface area contributed by atoms with Crippen LogP contribution < -0.4 is 0 Å². The molecule has 0 unspecified atom stereocenters.